The van der Waals surface area contributed by atoms with Crippen LogP contribution in [-0.4, -0.2) is 56.2 Å². The van der Waals surface area contributed by atoms with Gasteiger partial charge in [0.25, 0.3) is 11.8 Å². The number of nitrogens with one attached hydrogen (secondary N) is 2. The molecule has 0 bridgehead atoms. The average Bonchev–Trinajstić information content (AvgIpc) is 2.79. The van der Waals surface area contributed by atoms with E-state index in [0.29, 0.717) is 18.8 Å². The molecular weight excluding hydrogens is 446 g/mol. The van der Waals surface area contributed by atoms with Gasteiger partial charge in [-0.25, -0.2) is 8.42 Å². The molecule has 178 valence electrons. The van der Waals surface area contributed by atoms with E-state index in [1.165, 1.54) is 35.5 Å². The third-order valence-corrected chi connectivity index (χ3v) is 7.00. The molecule has 0 heterocycles. The van der Waals surface area contributed by atoms with Crippen molar-refractivity contribution in [3.05, 3.63) is 59.7 Å². The van der Waals surface area contributed by atoms with Gasteiger partial charge in [-0.1, -0.05) is 32.0 Å². The van der Waals surface area contributed by atoms with Gasteiger partial charge in [-0.15, -0.1) is 0 Å². The summed E-state index contributed by atoms with van der Waals surface area (Å²) >= 11 is 0. The van der Waals surface area contributed by atoms with E-state index in [0.717, 1.165) is 5.56 Å². The van der Waals surface area contributed by atoms with Crippen molar-refractivity contribution in [1.29, 1.82) is 0 Å². The molecule has 2 aromatic rings. The van der Waals surface area contributed by atoms with Gasteiger partial charge in [0, 0.05) is 24.3 Å². The molecule has 0 radical (unpaired) electrons. The molecule has 2 amide bonds. The number of para-hydroxylation sites is 1. The highest BCUT2D eigenvalue weighted by Gasteiger charge is 2.22. The Hall–Kier alpha value is -3.24. The van der Waals surface area contributed by atoms with Crippen molar-refractivity contribution in [2.75, 3.05) is 25.0 Å². The summed E-state index contributed by atoms with van der Waals surface area (Å²) in [6, 6.07) is 12.6. The quantitative estimate of drug-likeness (QED) is 0.509. The smallest absolute Gasteiger partial charge is 0.326 e. The van der Waals surface area contributed by atoms with Crippen LogP contribution in [0.15, 0.2) is 53.4 Å². The number of carbonyl (C=O) groups excluding carboxylic acids is 3. The monoisotopic (exact) mass is 475 g/mol. The number of nitrogens with zero attached hydrogens (tertiary/aromatic N) is 1. The Kier molecular flexibility index (Phi) is 9.12. The molecule has 10 heteroatoms. The van der Waals surface area contributed by atoms with Crippen LogP contribution in [0.4, 0.5) is 5.69 Å². The summed E-state index contributed by atoms with van der Waals surface area (Å²) in [5, 5.41) is 5.08. The van der Waals surface area contributed by atoms with E-state index in [2.05, 4.69) is 10.6 Å². The second-order valence-electron chi connectivity index (χ2n) is 7.23. The molecule has 2 aromatic carbocycles. The number of carbonyl (C=O) groups is 3. The van der Waals surface area contributed by atoms with Gasteiger partial charge < -0.3 is 15.4 Å². The molecular formula is C23H29N3O6S. The molecule has 0 aliphatic heterocycles. The molecule has 0 spiro atoms. The Morgan fingerprint density at radius 3 is 2.18 bits per heavy atom. The number of amides is 2. The van der Waals surface area contributed by atoms with Crippen LogP contribution >= 0.6 is 0 Å². The predicted molar refractivity (Wildman–Crippen MR) is 124 cm³/mol. The molecule has 1 unspecified atom stereocenters. The maximum Gasteiger partial charge on any atom is 0.326 e. The third kappa shape index (κ3) is 6.87. The van der Waals surface area contributed by atoms with Crippen molar-refractivity contribution in [3.63, 3.8) is 0 Å². The summed E-state index contributed by atoms with van der Waals surface area (Å²) in [5.74, 6) is -1.85. The molecule has 0 saturated carbocycles. The Morgan fingerprint density at radius 2 is 1.61 bits per heavy atom. The molecule has 0 aromatic heterocycles. The molecule has 9 nitrogen and oxygen atoms in total. The van der Waals surface area contributed by atoms with Gasteiger partial charge in [0.2, 0.25) is 10.0 Å². The first kappa shape index (κ1) is 26.0. The highest BCUT2D eigenvalue weighted by molar-refractivity contribution is 7.89. The first-order valence-corrected chi connectivity index (χ1v) is 12.0. The minimum atomic E-state index is -3.63. The number of sulfonamides is 1. The molecule has 2 N–H and O–H groups in total. The van der Waals surface area contributed by atoms with E-state index in [4.69, 9.17) is 4.74 Å². The summed E-state index contributed by atoms with van der Waals surface area (Å²) in [4.78, 5) is 36.6. The van der Waals surface area contributed by atoms with Crippen LogP contribution in [0.5, 0.6) is 0 Å². The fourth-order valence-corrected chi connectivity index (χ4v) is 4.44. The molecule has 0 fully saturated rings. The van der Waals surface area contributed by atoms with Gasteiger partial charge in [-0.3, -0.25) is 14.4 Å². The van der Waals surface area contributed by atoms with E-state index in [-0.39, 0.29) is 10.5 Å². The van der Waals surface area contributed by atoms with Crippen LogP contribution in [-0.2, 0) is 24.3 Å². The van der Waals surface area contributed by atoms with Crippen molar-refractivity contribution in [3.8, 4) is 0 Å². The van der Waals surface area contributed by atoms with E-state index in [1.54, 1.807) is 26.0 Å². The number of hydrogen-bond donors (Lipinski definition) is 2. The largest absolute Gasteiger partial charge is 0.451 e. The summed E-state index contributed by atoms with van der Waals surface area (Å²) in [5.41, 5.74) is 1.67. The van der Waals surface area contributed by atoms with Crippen molar-refractivity contribution in [2.24, 2.45) is 0 Å². The van der Waals surface area contributed by atoms with Gasteiger partial charge in [-0.05, 0) is 49.7 Å². The van der Waals surface area contributed by atoms with Crippen LogP contribution in [0.3, 0.4) is 0 Å². The fraction of sp³-hybridized carbons (Fsp3) is 0.348. The van der Waals surface area contributed by atoms with Gasteiger partial charge in [0.15, 0.2) is 6.10 Å². The van der Waals surface area contributed by atoms with E-state index in [1.807, 2.05) is 19.1 Å². The molecule has 33 heavy (non-hydrogen) atoms. The van der Waals surface area contributed by atoms with Crippen molar-refractivity contribution >= 4 is 33.5 Å². The lowest BCUT2D eigenvalue weighted by molar-refractivity contribution is -0.152. The van der Waals surface area contributed by atoms with Crippen LogP contribution < -0.4 is 10.6 Å². The Labute approximate surface area is 194 Å². The Bertz CT molecular complexity index is 1100. The number of aryl methyl sites for hydroxylation is 1. The standard InChI is InChI=1S/C23H29N3O6S/c1-5-26(6-2)33(30,31)19-13-11-18(12-14-19)23(29)24-15-21(27)32-17(4)22(28)25-20-10-8-7-9-16(20)3/h7-14,17H,5-6,15H2,1-4H3,(H,24,29)(H,25,28). The van der Waals surface area contributed by atoms with E-state index >= 15 is 0 Å². The lowest BCUT2D eigenvalue weighted by Gasteiger charge is -2.18. The van der Waals surface area contributed by atoms with Crippen LogP contribution in [0.1, 0.15) is 36.7 Å². The van der Waals surface area contributed by atoms with Gasteiger partial charge in [0.05, 0.1) is 4.90 Å². The van der Waals surface area contributed by atoms with Gasteiger partial charge in [-0.2, -0.15) is 4.31 Å². The van der Waals surface area contributed by atoms with Crippen LogP contribution in [0.25, 0.3) is 0 Å². The van der Waals surface area contributed by atoms with Crippen molar-refractivity contribution < 1.29 is 27.5 Å². The highest BCUT2D eigenvalue weighted by atomic mass is 32.2. The second kappa shape index (κ2) is 11.6. The number of hydrogen-bond acceptors (Lipinski definition) is 6. The van der Waals surface area contributed by atoms with Crippen molar-refractivity contribution in [1.82, 2.24) is 9.62 Å². The molecule has 0 aliphatic carbocycles. The highest BCUT2D eigenvalue weighted by Crippen LogP contribution is 2.16. The molecule has 1 atom stereocenters. The van der Waals surface area contributed by atoms with Crippen LogP contribution in [0.2, 0.25) is 0 Å². The van der Waals surface area contributed by atoms with Gasteiger partial charge in [0.1, 0.15) is 6.54 Å². The summed E-state index contributed by atoms with van der Waals surface area (Å²) in [6.07, 6.45) is -1.06. The fourth-order valence-electron chi connectivity index (χ4n) is 2.99. The normalized spacial score (nSPS) is 12.2. The van der Waals surface area contributed by atoms with Crippen LogP contribution in [0, 0.1) is 6.92 Å². The van der Waals surface area contributed by atoms with E-state index < -0.39 is 40.5 Å². The zero-order valence-corrected chi connectivity index (χ0v) is 19.9. The summed E-state index contributed by atoms with van der Waals surface area (Å²) in [6.45, 7) is 7.00. The predicted octanol–water partition coefficient (Wildman–Crippen LogP) is 2.33. The Balaban J connectivity index is 1.89. The number of benzene rings is 2. The molecule has 2 rings (SSSR count). The lowest BCUT2D eigenvalue weighted by Crippen LogP contribution is -2.36. The topological polar surface area (TPSA) is 122 Å². The SMILES string of the molecule is CCN(CC)S(=O)(=O)c1ccc(C(=O)NCC(=O)OC(C)C(=O)Nc2ccccc2C)cc1. The first-order valence-electron chi connectivity index (χ1n) is 10.5. The third-order valence-electron chi connectivity index (χ3n) is 4.93. The average molecular weight is 476 g/mol. The summed E-state index contributed by atoms with van der Waals surface area (Å²) in [7, 11) is -3.63. The first-order chi connectivity index (χ1) is 15.6. The zero-order valence-electron chi connectivity index (χ0n) is 19.1. The molecule has 0 saturated heterocycles. The number of esters is 1. The number of anilines is 1. The minimum Gasteiger partial charge on any atom is -0.451 e. The summed E-state index contributed by atoms with van der Waals surface area (Å²) < 4.78 is 31.4. The van der Waals surface area contributed by atoms with Gasteiger partial charge >= 0.3 is 5.97 Å². The minimum absolute atomic E-state index is 0.0793. The van der Waals surface area contributed by atoms with Crippen molar-refractivity contribution in [2.45, 2.75) is 38.7 Å². The Morgan fingerprint density at radius 1 is 1.00 bits per heavy atom. The number of rotatable bonds is 10. The maximum atomic E-state index is 12.5. The lowest BCUT2D eigenvalue weighted by atomic mass is 10.2. The second-order valence-corrected chi connectivity index (χ2v) is 9.17. The zero-order chi connectivity index (χ0) is 24.6. The molecule has 0 aliphatic rings. The maximum absolute atomic E-state index is 12.5. The van der Waals surface area contributed by atoms with E-state index in [9.17, 15) is 22.8 Å². The number of ether oxygens (including phenoxy) is 1.